The largest absolute Gasteiger partial charge is 0.499 e. The smallest absolute Gasteiger partial charge is 0.117 e. The molecular formula is C8H12N2O. The van der Waals surface area contributed by atoms with Gasteiger partial charge in [-0.3, -0.25) is 0 Å². The van der Waals surface area contributed by atoms with E-state index in [4.69, 9.17) is 16.2 Å². The van der Waals surface area contributed by atoms with Crippen molar-refractivity contribution in [2.75, 3.05) is 7.11 Å². The summed E-state index contributed by atoms with van der Waals surface area (Å²) < 4.78 is 5.00. The van der Waals surface area contributed by atoms with Gasteiger partial charge in [0.15, 0.2) is 0 Å². The number of rotatable bonds is 1. The van der Waals surface area contributed by atoms with Gasteiger partial charge in [-0.2, -0.15) is 0 Å². The monoisotopic (exact) mass is 152 g/mol. The van der Waals surface area contributed by atoms with E-state index < -0.39 is 0 Å². The molecule has 0 heterocycles. The van der Waals surface area contributed by atoms with Crippen molar-refractivity contribution < 1.29 is 4.74 Å². The molecule has 4 N–H and O–H groups in total. The lowest BCUT2D eigenvalue weighted by atomic mass is 10.00. The molecule has 3 nitrogen and oxygen atoms in total. The Balaban J connectivity index is 2.93. The van der Waals surface area contributed by atoms with Crippen molar-refractivity contribution in [3.05, 3.63) is 35.8 Å². The molecule has 0 radical (unpaired) electrons. The Hall–Kier alpha value is -1.22. The van der Waals surface area contributed by atoms with E-state index in [1.54, 1.807) is 19.3 Å². The van der Waals surface area contributed by atoms with E-state index >= 15 is 0 Å². The van der Waals surface area contributed by atoms with Crippen molar-refractivity contribution in [3.63, 3.8) is 0 Å². The Labute approximate surface area is 66.0 Å². The van der Waals surface area contributed by atoms with Gasteiger partial charge in [-0.1, -0.05) is 6.58 Å². The summed E-state index contributed by atoms with van der Waals surface area (Å²) in [6, 6.07) is -0.287. The number of methoxy groups -OCH3 is 1. The topological polar surface area (TPSA) is 61.3 Å². The van der Waals surface area contributed by atoms with Crippen LogP contribution in [0.3, 0.4) is 0 Å². The summed E-state index contributed by atoms with van der Waals surface area (Å²) in [6.45, 7) is 3.74. The molecule has 1 aliphatic rings. The van der Waals surface area contributed by atoms with Crippen LogP contribution in [0, 0.1) is 0 Å². The average Bonchev–Trinajstić information content (AvgIpc) is 2.01. The van der Waals surface area contributed by atoms with Gasteiger partial charge in [0.25, 0.3) is 0 Å². The van der Waals surface area contributed by atoms with Gasteiger partial charge in [-0.25, -0.2) is 0 Å². The first-order chi connectivity index (χ1) is 5.16. The van der Waals surface area contributed by atoms with E-state index in [1.807, 2.05) is 0 Å². The molecule has 0 saturated heterocycles. The Morgan fingerprint density at radius 1 is 1.55 bits per heavy atom. The maximum Gasteiger partial charge on any atom is 0.117 e. The molecule has 60 valence electrons. The van der Waals surface area contributed by atoms with Crippen LogP contribution in [0.5, 0.6) is 0 Å². The van der Waals surface area contributed by atoms with Crippen LogP contribution >= 0.6 is 0 Å². The minimum absolute atomic E-state index is 0.287. The summed E-state index contributed by atoms with van der Waals surface area (Å²) >= 11 is 0. The van der Waals surface area contributed by atoms with E-state index in [1.165, 1.54) is 0 Å². The van der Waals surface area contributed by atoms with Crippen molar-refractivity contribution in [2.24, 2.45) is 11.5 Å². The fraction of sp³-hybridized carbons (Fsp3) is 0.250. The van der Waals surface area contributed by atoms with Gasteiger partial charge in [0.05, 0.1) is 13.2 Å². The Kier molecular flexibility index (Phi) is 2.01. The fourth-order valence-electron chi connectivity index (χ4n) is 0.929. The van der Waals surface area contributed by atoms with E-state index in [0.717, 1.165) is 0 Å². The highest BCUT2D eigenvalue weighted by molar-refractivity contribution is 5.42. The summed E-state index contributed by atoms with van der Waals surface area (Å²) in [5.74, 6) is 0.698. The summed E-state index contributed by atoms with van der Waals surface area (Å²) in [6.07, 6.45) is 3.50. The Morgan fingerprint density at radius 3 is 2.73 bits per heavy atom. The number of ether oxygens (including phenoxy) is 1. The van der Waals surface area contributed by atoms with Crippen molar-refractivity contribution in [1.82, 2.24) is 0 Å². The first-order valence-corrected chi connectivity index (χ1v) is 3.33. The molecule has 0 bridgehead atoms. The summed E-state index contributed by atoms with van der Waals surface area (Å²) in [7, 11) is 1.58. The van der Waals surface area contributed by atoms with Crippen LogP contribution in [0.1, 0.15) is 0 Å². The van der Waals surface area contributed by atoms with Gasteiger partial charge in [0.1, 0.15) is 5.76 Å². The predicted octanol–water partition coefficient (Wildman–Crippen LogP) is 0.256. The van der Waals surface area contributed by atoms with Gasteiger partial charge in [0, 0.05) is 5.70 Å². The minimum Gasteiger partial charge on any atom is -0.499 e. The fourth-order valence-corrected chi connectivity index (χ4v) is 0.929. The lowest BCUT2D eigenvalue weighted by Crippen LogP contribution is -2.30. The highest BCUT2D eigenvalue weighted by Gasteiger charge is 2.17. The second kappa shape index (κ2) is 2.80. The number of hydrogen-bond acceptors (Lipinski definition) is 3. The van der Waals surface area contributed by atoms with Crippen molar-refractivity contribution in [2.45, 2.75) is 6.04 Å². The molecule has 0 amide bonds. The zero-order valence-corrected chi connectivity index (χ0v) is 6.50. The minimum atomic E-state index is -0.287. The molecule has 0 aliphatic heterocycles. The zero-order chi connectivity index (χ0) is 8.43. The Bertz CT molecular complexity index is 240. The molecule has 11 heavy (non-hydrogen) atoms. The van der Waals surface area contributed by atoms with Crippen LogP contribution in [0.25, 0.3) is 0 Å². The van der Waals surface area contributed by atoms with Crippen LogP contribution in [0.2, 0.25) is 0 Å². The van der Waals surface area contributed by atoms with Crippen LogP contribution in [0.15, 0.2) is 35.8 Å². The van der Waals surface area contributed by atoms with Crippen LogP contribution in [-0.2, 0) is 4.74 Å². The van der Waals surface area contributed by atoms with Crippen LogP contribution < -0.4 is 11.5 Å². The summed E-state index contributed by atoms with van der Waals surface area (Å²) in [5.41, 5.74) is 12.6. The van der Waals surface area contributed by atoms with Gasteiger partial charge >= 0.3 is 0 Å². The normalized spacial score (nSPS) is 24.2. The molecule has 0 fully saturated rings. The standard InChI is InChI=1S/C8H12N2O/c1-5-6(9)3-4-7(11-2)8(5)10/h3-4,8H,1,9-10H2,2H3. The average molecular weight is 152 g/mol. The third-order valence-electron chi connectivity index (χ3n) is 1.72. The number of nitrogens with two attached hydrogens (primary N) is 2. The molecule has 0 aromatic carbocycles. The number of allylic oxidation sites excluding steroid dienone is 2. The van der Waals surface area contributed by atoms with Crippen LogP contribution in [-0.4, -0.2) is 13.2 Å². The second-order valence-corrected chi connectivity index (χ2v) is 2.40. The van der Waals surface area contributed by atoms with Gasteiger partial charge in [-0.05, 0) is 17.7 Å². The van der Waals surface area contributed by atoms with Crippen molar-refractivity contribution in [3.8, 4) is 0 Å². The van der Waals surface area contributed by atoms with Crippen molar-refractivity contribution in [1.29, 1.82) is 0 Å². The van der Waals surface area contributed by atoms with E-state index in [2.05, 4.69) is 6.58 Å². The van der Waals surface area contributed by atoms with Crippen molar-refractivity contribution >= 4 is 0 Å². The highest BCUT2D eigenvalue weighted by atomic mass is 16.5. The SMILES string of the molecule is C=C1C(N)=CC=C(OC)C1N. The maximum absolute atomic E-state index is 5.71. The Morgan fingerprint density at radius 2 is 2.18 bits per heavy atom. The lowest BCUT2D eigenvalue weighted by molar-refractivity contribution is 0.271. The first kappa shape index (κ1) is 7.88. The summed E-state index contributed by atoms with van der Waals surface area (Å²) in [5, 5.41) is 0. The van der Waals surface area contributed by atoms with Gasteiger partial charge in [0.2, 0.25) is 0 Å². The van der Waals surface area contributed by atoms with E-state index in [9.17, 15) is 0 Å². The molecule has 1 aliphatic carbocycles. The maximum atomic E-state index is 5.71. The van der Waals surface area contributed by atoms with Gasteiger partial charge in [-0.15, -0.1) is 0 Å². The molecule has 0 saturated carbocycles. The van der Waals surface area contributed by atoms with E-state index in [-0.39, 0.29) is 6.04 Å². The molecule has 3 heteroatoms. The number of hydrogen-bond donors (Lipinski definition) is 2. The van der Waals surface area contributed by atoms with E-state index in [0.29, 0.717) is 17.0 Å². The molecule has 1 rings (SSSR count). The van der Waals surface area contributed by atoms with Gasteiger partial charge < -0.3 is 16.2 Å². The molecule has 0 spiro atoms. The molecular weight excluding hydrogens is 140 g/mol. The van der Waals surface area contributed by atoms with Crippen LogP contribution in [0.4, 0.5) is 0 Å². The predicted molar refractivity (Wildman–Crippen MR) is 44.5 cm³/mol. The quantitative estimate of drug-likeness (QED) is 0.566. The molecule has 0 aromatic heterocycles. The lowest BCUT2D eigenvalue weighted by Gasteiger charge is -2.20. The molecule has 0 aromatic rings. The molecule has 1 unspecified atom stereocenters. The highest BCUT2D eigenvalue weighted by Crippen LogP contribution is 2.18. The zero-order valence-electron chi connectivity index (χ0n) is 6.50. The third-order valence-corrected chi connectivity index (χ3v) is 1.72. The third kappa shape index (κ3) is 1.28. The summed E-state index contributed by atoms with van der Waals surface area (Å²) in [4.78, 5) is 0. The first-order valence-electron chi connectivity index (χ1n) is 3.33. The molecule has 1 atom stereocenters. The second-order valence-electron chi connectivity index (χ2n) is 2.40.